The Bertz CT molecular complexity index is 980. The van der Waals surface area contributed by atoms with Gasteiger partial charge in [0.05, 0.1) is 18.7 Å². The molecular weight excluding hydrogens is 374 g/mol. The number of carbonyl (C=O) groups is 2. The summed E-state index contributed by atoms with van der Waals surface area (Å²) in [6.45, 7) is -0.307. The molecule has 2 heterocycles. The van der Waals surface area contributed by atoms with Crippen molar-refractivity contribution in [2.75, 3.05) is 6.61 Å². The van der Waals surface area contributed by atoms with Gasteiger partial charge in [0.25, 0.3) is 5.91 Å². The van der Waals surface area contributed by atoms with Crippen LogP contribution in [0.4, 0.5) is 0 Å². The van der Waals surface area contributed by atoms with E-state index in [2.05, 4.69) is 21.5 Å². The van der Waals surface area contributed by atoms with Gasteiger partial charge in [-0.25, -0.2) is 0 Å². The molecule has 0 bridgehead atoms. The van der Waals surface area contributed by atoms with Gasteiger partial charge in [-0.1, -0.05) is 29.4 Å². The number of aryl methyl sites for hydroxylation is 2. The van der Waals surface area contributed by atoms with E-state index in [1.54, 1.807) is 12.1 Å². The van der Waals surface area contributed by atoms with Gasteiger partial charge in [0.1, 0.15) is 0 Å². The number of esters is 1. The zero-order chi connectivity index (χ0) is 20.1. The van der Waals surface area contributed by atoms with Crippen molar-refractivity contribution in [2.24, 2.45) is 0 Å². The van der Waals surface area contributed by atoms with Crippen molar-refractivity contribution in [1.29, 1.82) is 0 Å². The molecular formula is C21H21N3O5. The minimum atomic E-state index is -0.498. The first-order valence-electron chi connectivity index (χ1n) is 9.58. The maximum atomic E-state index is 12.2. The van der Waals surface area contributed by atoms with Crippen LogP contribution in [-0.4, -0.2) is 28.6 Å². The molecule has 1 unspecified atom stereocenters. The van der Waals surface area contributed by atoms with E-state index in [4.69, 9.17) is 13.7 Å². The quantitative estimate of drug-likeness (QED) is 0.613. The number of nitrogens with zero attached hydrogens (tertiary/aromatic N) is 2. The molecule has 8 heteroatoms. The van der Waals surface area contributed by atoms with Crippen molar-refractivity contribution in [2.45, 2.75) is 38.1 Å². The minimum absolute atomic E-state index is 0.0374. The van der Waals surface area contributed by atoms with Gasteiger partial charge in [0.15, 0.2) is 12.4 Å². The maximum absolute atomic E-state index is 12.2. The predicted octanol–water partition coefficient (Wildman–Crippen LogP) is 3.00. The van der Waals surface area contributed by atoms with E-state index >= 15 is 0 Å². The molecule has 1 amide bonds. The van der Waals surface area contributed by atoms with Crippen molar-refractivity contribution >= 4 is 11.9 Å². The van der Waals surface area contributed by atoms with Gasteiger partial charge in [-0.3, -0.25) is 9.59 Å². The fourth-order valence-electron chi connectivity index (χ4n) is 3.43. The Balaban J connectivity index is 1.21. The Hall–Kier alpha value is -3.42. The van der Waals surface area contributed by atoms with E-state index < -0.39 is 5.97 Å². The van der Waals surface area contributed by atoms with Crippen LogP contribution in [0.3, 0.4) is 0 Å². The molecule has 1 aliphatic carbocycles. The first kappa shape index (κ1) is 18.9. The van der Waals surface area contributed by atoms with Crippen LogP contribution < -0.4 is 5.32 Å². The molecule has 2 aromatic heterocycles. The van der Waals surface area contributed by atoms with Crippen LogP contribution in [0.1, 0.15) is 42.3 Å². The Kier molecular flexibility index (Phi) is 5.69. The van der Waals surface area contributed by atoms with Crippen LogP contribution >= 0.6 is 0 Å². The van der Waals surface area contributed by atoms with Gasteiger partial charge in [0.2, 0.25) is 11.7 Å². The van der Waals surface area contributed by atoms with Crippen molar-refractivity contribution < 1.29 is 23.3 Å². The van der Waals surface area contributed by atoms with Gasteiger partial charge in [0, 0.05) is 6.42 Å². The number of nitrogens with one attached hydrogen (secondary N) is 1. The number of ether oxygens (including phenoxy) is 1. The SMILES string of the molecule is O=C(COC(=O)CCc1nc(-c2ccco2)no1)NC1CCCc2ccccc21. The Morgan fingerprint density at radius 2 is 2.10 bits per heavy atom. The highest BCUT2D eigenvalue weighted by Gasteiger charge is 2.22. The second kappa shape index (κ2) is 8.72. The van der Waals surface area contributed by atoms with Gasteiger partial charge < -0.3 is 19.0 Å². The summed E-state index contributed by atoms with van der Waals surface area (Å²) < 4.78 is 15.4. The molecule has 0 radical (unpaired) electrons. The highest BCUT2D eigenvalue weighted by Crippen LogP contribution is 2.29. The molecule has 0 aliphatic heterocycles. The van der Waals surface area contributed by atoms with Gasteiger partial charge in [-0.2, -0.15) is 4.98 Å². The third-order valence-corrected chi connectivity index (χ3v) is 4.82. The maximum Gasteiger partial charge on any atom is 0.306 e. The number of hydrogen-bond donors (Lipinski definition) is 1. The number of furan rings is 1. The normalized spacial score (nSPS) is 15.5. The highest BCUT2D eigenvalue weighted by molar-refractivity contribution is 5.81. The molecule has 4 rings (SSSR count). The molecule has 1 atom stereocenters. The third kappa shape index (κ3) is 4.71. The molecule has 1 aliphatic rings. The van der Waals surface area contributed by atoms with Crippen LogP contribution in [0.2, 0.25) is 0 Å². The van der Waals surface area contributed by atoms with Gasteiger partial charge >= 0.3 is 5.97 Å². The fraction of sp³-hybridized carbons (Fsp3) is 0.333. The number of amides is 1. The monoisotopic (exact) mass is 395 g/mol. The van der Waals surface area contributed by atoms with E-state index in [1.807, 2.05) is 18.2 Å². The molecule has 8 nitrogen and oxygen atoms in total. The second-order valence-electron chi connectivity index (χ2n) is 6.86. The summed E-state index contributed by atoms with van der Waals surface area (Å²) in [5.41, 5.74) is 2.40. The first-order chi connectivity index (χ1) is 14.2. The summed E-state index contributed by atoms with van der Waals surface area (Å²) in [5, 5.41) is 6.75. The van der Waals surface area contributed by atoms with E-state index in [-0.39, 0.29) is 31.4 Å². The summed E-state index contributed by atoms with van der Waals surface area (Å²) in [5.74, 6) is 0.311. The average molecular weight is 395 g/mol. The van der Waals surface area contributed by atoms with Crippen molar-refractivity contribution in [3.63, 3.8) is 0 Å². The second-order valence-corrected chi connectivity index (χ2v) is 6.86. The molecule has 0 saturated carbocycles. The van der Waals surface area contributed by atoms with Crippen molar-refractivity contribution in [3.05, 3.63) is 59.7 Å². The highest BCUT2D eigenvalue weighted by atomic mass is 16.5. The minimum Gasteiger partial charge on any atom is -0.461 e. The predicted molar refractivity (Wildman–Crippen MR) is 102 cm³/mol. The molecule has 29 heavy (non-hydrogen) atoms. The number of rotatable bonds is 7. The number of carbonyl (C=O) groups excluding carboxylic acids is 2. The fourth-order valence-corrected chi connectivity index (χ4v) is 3.43. The Morgan fingerprint density at radius 1 is 1.21 bits per heavy atom. The Morgan fingerprint density at radius 3 is 2.97 bits per heavy atom. The summed E-state index contributed by atoms with van der Waals surface area (Å²) in [4.78, 5) is 28.3. The van der Waals surface area contributed by atoms with Gasteiger partial charge in [-0.05, 0) is 42.5 Å². The zero-order valence-corrected chi connectivity index (χ0v) is 15.8. The number of benzene rings is 1. The number of hydrogen-bond acceptors (Lipinski definition) is 7. The molecule has 1 aromatic carbocycles. The lowest BCUT2D eigenvalue weighted by atomic mass is 9.88. The lowest BCUT2D eigenvalue weighted by molar-refractivity contribution is -0.148. The smallest absolute Gasteiger partial charge is 0.306 e. The zero-order valence-electron chi connectivity index (χ0n) is 15.8. The molecule has 0 spiro atoms. The molecule has 3 aromatic rings. The standard InChI is InChI=1S/C21H21N3O5/c25-18(22-16-8-3-6-14-5-1-2-7-15(14)16)13-28-20(26)11-10-19-23-21(24-29-19)17-9-4-12-27-17/h1-2,4-5,7,9,12,16H,3,6,8,10-11,13H2,(H,22,25). The van der Waals surface area contributed by atoms with E-state index in [1.165, 1.54) is 11.8 Å². The molecule has 1 N–H and O–H groups in total. The lowest BCUT2D eigenvalue weighted by Crippen LogP contribution is -2.34. The number of aromatic nitrogens is 2. The summed E-state index contributed by atoms with van der Waals surface area (Å²) in [6, 6.07) is 11.5. The summed E-state index contributed by atoms with van der Waals surface area (Å²) >= 11 is 0. The van der Waals surface area contributed by atoms with Crippen LogP contribution in [-0.2, 0) is 27.2 Å². The van der Waals surface area contributed by atoms with E-state index in [9.17, 15) is 9.59 Å². The molecule has 150 valence electrons. The Labute approximate surface area is 167 Å². The average Bonchev–Trinajstić information content (AvgIpc) is 3.43. The first-order valence-corrected chi connectivity index (χ1v) is 9.58. The molecule has 0 fully saturated rings. The van der Waals surface area contributed by atoms with Gasteiger partial charge in [-0.15, -0.1) is 0 Å². The van der Waals surface area contributed by atoms with E-state index in [0.29, 0.717) is 17.5 Å². The van der Waals surface area contributed by atoms with Crippen LogP contribution in [0.15, 0.2) is 51.6 Å². The largest absolute Gasteiger partial charge is 0.461 e. The lowest BCUT2D eigenvalue weighted by Gasteiger charge is -2.26. The van der Waals surface area contributed by atoms with Crippen LogP contribution in [0.25, 0.3) is 11.6 Å². The summed E-state index contributed by atoms with van der Waals surface area (Å²) in [7, 11) is 0. The van der Waals surface area contributed by atoms with Crippen LogP contribution in [0, 0.1) is 0 Å². The molecule has 0 saturated heterocycles. The van der Waals surface area contributed by atoms with E-state index in [0.717, 1.165) is 24.8 Å². The third-order valence-electron chi connectivity index (χ3n) is 4.82. The van der Waals surface area contributed by atoms with Crippen molar-refractivity contribution in [1.82, 2.24) is 15.5 Å². The summed E-state index contributed by atoms with van der Waals surface area (Å²) in [6.07, 6.45) is 4.70. The topological polar surface area (TPSA) is 107 Å². The van der Waals surface area contributed by atoms with Crippen LogP contribution in [0.5, 0.6) is 0 Å². The number of fused-ring (bicyclic) bond motifs is 1. The van der Waals surface area contributed by atoms with Crippen molar-refractivity contribution in [3.8, 4) is 11.6 Å².